The number of Topliss-reactive ketones (excluding diaryl/α,β-unsaturated/α-hetero) is 1. The van der Waals surface area contributed by atoms with Gasteiger partial charge in [-0.15, -0.1) is 0 Å². The zero-order valence-corrected chi connectivity index (χ0v) is 17.5. The van der Waals surface area contributed by atoms with Gasteiger partial charge < -0.3 is 19.5 Å². The van der Waals surface area contributed by atoms with E-state index in [0.717, 1.165) is 5.56 Å². The van der Waals surface area contributed by atoms with Crippen LogP contribution < -0.4 is 4.74 Å². The van der Waals surface area contributed by atoms with Crippen LogP contribution in [0.4, 0.5) is 0 Å². The lowest BCUT2D eigenvalue weighted by Crippen LogP contribution is -2.31. The molecule has 1 fully saturated rings. The van der Waals surface area contributed by atoms with E-state index in [2.05, 4.69) is 0 Å². The minimum Gasteiger partial charge on any atom is -0.507 e. The molecule has 158 valence electrons. The number of rotatable bonds is 8. The van der Waals surface area contributed by atoms with E-state index < -0.39 is 17.7 Å². The summed E-state index contributed by atoms with van der Waals surface area (Å²) in [4.78, 5) is 27.3. The van der Waals surface area contributed by atoms with Gasteiger partial charge in [-0.3, -0.25) is 9.59 Å². The zero-order valence-electron chi connectivity index (χ0n) is 17.5. The fourth-order valence-electron chi connectivity index (χ4n) is 3.57. The maximum absolute atomic E-state index is 12.9. The molecule has 0 saturated carbocycles. The Morgan fingerprint density at radius 3 is 2.50 bits per heavy atom. The van der Waals surface area contributed by atoms with Gasteiger partial charge in [0.2, 0.25) is 0 Å². The van der Waals surface area contributed by atoms with E-state index in [1.807, 2.05) is 44.2 Å². The first-order valence-electron chi connectivity index (χ1n) is 10.0. The number of nitrogens with zero attached hydrogens (tertiary/aromatic N) is 1. The largest absolute Gasteiger partial charge is 0.507 e. The Morgan fingerprint density at radius 2 is 1.83 bits per heavy atom. The Kier molecular flexibility index (Phi) is 6.90. The Hall–Kier alpha value is -3.12. The van der Waals surface area contributed by atoms with Crippen LogP contribution in [-0.4, -0.2) is 48.1 Å². The number of ketones is 1. The topological polar surface area (TPSA) is 76.1 Å². The first-order chi connectivity index (χ1) is 14.4. The molecule has 1 atom stereocenters. The molecule has 2 aromatic carbocycles. The summed E-state index contributed by atoms with van der Waals surface area (Å²) in [5.74, 6) is -0.954. The highest BCUT2D eigenvalue weighted by Crippen LogP contribution is 2.39. The van der Waals surface area contributed by atoms with Gasteiger partial charge in [-0.05, 0) is 38.0 Å². The highest BCUT2D eigenvalue weighted by Gasteiger charge is 2.45. The van der Waals surface area contributed by atoms with Crippen molar-refractivity contribution in [3.8, 4) is 5.75 Å². The first kappa shape index (κ1) is 21.6. The number of aliphatic hydroxyl groups excluding tert-OH is 1. The fourth-order valence-corrected chi connectivity index (χ4v) is 3.57. The van der Waals surface area contributed by atoms with Crippen molar-refractivity contribution in [2.75, 3.05) is 20.3 Å². The quantitative estimate of drug-likeness (QED) is 0.309. The SMILES string of the molecule is COc1cccc(C(O)=C2C(=O)C(=O)N(CCCOC(C)C)C2c2ccccc2)c1. The normalized spacial score (nSPS) is 18.3. The van der Waals surface area contributed by atoms with E-state index in [1.54, 1.807) is 24.3 Å². The van der Waals surface area contributed by atoms with Gasteiger partial charge in [0.25, 0.3) is 11.7 Å². The summed E-state index contributed by atoms with van der Waals surface area (Å²) < 4.78 is 10.8. The van der Waals surface area contributed by atoms with Gasteiger partial charge in [0, 0.05) is 18.7 Å². The summed E-state index contributed by atoms with van der Waals surface area (Å²) in [5.41, 5.74) is 1.28. The highest BCUT2D eigenvalue weighted by atomic mass is 16.5. The van der Waals surface area contributed by atoms with Crippen molar-refractivity contribution in [1.82, 2.24) is 4.90 Å². The van der Waals surface area contributed by atoms with Crippen LogP contribution >= 0.6 is 0 Å². The number of hydrogen-bond donors (Lipinski definition) is 1. The van der Waals surface area contributed by atoms with Crippen molar-refractivity contribution in [3.63, 3.8) is 0 Å². The molecule has 0 bridgehead atoms. The number of methoxy groups -OCH3 is 1. The monoisotopic (exact) mass is 409 g/mol. The minimum absolute atomic E-state index is 0.0873. The zero-order chi connectivity index (χ0) is 21.7. The van der Waals surface area contributed by atoms with Gasteiger partial charge in [0.15, 0.2) is 0 Å². The second-order valence-electron chi connectivity index (χ2n) is 7.41. The van der Waals surface area contributed by atoms with E-state index >= 15 is 0 Å². The third-order valence-electron chi connectivity index (χ3n) is 4.99. The van der Waals surface area contributed by atoms with E-state index in [0.29, 0.717) is 30.9 Å². The van der Waals surface area contributed by atoms with Crippen molar-refractivity contribution in [2.24, 2.45) is 0 Å². The lowest BCUT2D eigenvalue weighted by molar-refractivity contribution is -0.140. The number of ether oxygens (including phenoxy) is 2. The predicted molar refractivity (Wildman–Crippen MR) is 114 cm³/mol. The molecule has 1 saturated heterocycles. The number of amides is 1. The molecular formula is C24H27NO5. The van der Waals surface area contributed by atoms with Gasteiger partial charge in [0.05, 0.1) is 24.8 Å². The third kappa shape index (κ3) is 4.54. The second kappa shape index (κ2) is 9.59. The van der Waals surface area contributed by atoms with Crippen molar-refractivity contribution < 1.29 is 24.2 Å². The van der Waals surface area contributed by atoms with E-state index in [1.165, 1.54) is 12.0 Å². The molecule has 2 aromatic rings. The summed E-state index contributed by atoms with van der Waals surface area (Å²) in [6.45, 7) is 4.73. The van der Waals surface area contributed by atoms with E-state index in [4.69, 9.17) is 9.47 Å². The van der Waals surface area contributed by atoms with E-state index in [9.17, 15) is 14.7 Å². The second-order valence-corrected chi connectivity index (χ2v) is 7.41. The molecule has 3 rings (SSSR count). The molecule has 0 radical (unpaired) electrons. The molecule has 30 heavy (non-hydrogen) atoms. The molecule has 1 heterocycles. The summed E-state index contributed by atoms with van der Waals surface area (Å²) in [5, 5.41) is 11.0. The number of carbonyl (C=O) groups excluding carboxylic acids is 2. The highest BCUT2D eigenvalue weighted by molar-refractivity contribution is 6.46. The Morgan fingerprint density at radius 1 is 1.10 bits per heavy atom. The van der Waals surface area contributed by atoms with Crippen molar-refractivity contribution in [1.29, 1.82) is 0 Å². The molecule has 1 aliphatic heterocycles. The average molecular weight is 409 g/mol. The predicted octanol–water partition coefficient (Wildman–Crippen LogP) is 3.93. The summed E-state index contributed by atoms with van der Waals surface area (Å²) >= 11 is 0. The van der Waals surface area contributed by atoms with Crippen molar-refractivity contribution in [2.45, 2.75) is 32.4 Å². The third-order valence-corrected chi connectivity index (χ3v) is 4.99. The Balaban J connectivity index is 2.01. The van der Waals surface area contributed by atoms with Crippen molar-refractivity contribution in [3.05, 3.63) is 71.3 Å². The fraction of sp³-hybridized carbons (Fsp3) is 0.333. The molecule has 0 spiro atoms. The molecule has 1 aliphatic rings. The molecular weight excluding hydrogens is 382 g/mol. The van der Waals surface area contributed by atoms with Crippen LogP contribution in [0.5, 0.6) is 5.75 Å². The molecule has 1 N–H and O–H groups in total. The van der Waals surface area contributed by atoms with Crippen LogP contribution in [-0.2, 0) is 14.3 Å². The van der Waals surface area contributed by atoms with Gasteiger partial charge in [-0.25, -0.2) is 0 Å². The lowest BCUT2D eigenvalue weighted by atomic mass is 9.95. The lowest BCUT2D eigenvalue weighted by Gasteiger charge is -2.25. The maximum atomic E-state index is 12.9. The average Bonchev–Trinajstić information content (AvgIpc) is 3.01. The number of hydrogen-bond acceptors (Lipinski definition) is 5. The van der Waals surface area contributed by atoms with Crippen LogP contribution in [0.2, 0.25) is 0 Å². The smallest absolute Gasteiger partial charge is 0.295 e. The summed E-state index contributed by atoms with van der Waals surface area (Å²) in [6, 6.07) is 15.4. The van der Waals surface area contributed by atoms with Crippen LogP contribution in [0, 0.1) is 0 Å². The molecule has 0 aliphatic carbocycles. The molecule has 1 unspecified atom stereocenters. The Bertz CT molecular complexity index is 936. The molecule has 1 amide bonds. The first-order valence-corrected chi connectivity index (χ1v) is 10.0. The van der Waals surface area contributed by atoms with Gasteiger partial charge in [-0.1, -0.05) is 42.5 Å². The molecule has 0 aromatic heterocycles. The maximum Gasteiger partial charge on any atom is 0.295 e. The standard InChI is InChI=1S/C24H27NO5/c1-16(2)30-14-8-13-25-21(17-9-5-4-6-10-17)20(23(27)24(25)28)22(26)18-11-7-12-19(15-18)29-3/h4-7,9-12,15-16,21,26H,8,13-14H2,1-3H3. The van der Waals surface area contributed by atoms with Gasteiger partial charge in [-0.2, -0.15) is 0 Å². The van der Waals surface area contributed by atoms with Crippen LogP contribution in [0.25, 0.3) is 5.76 Å². The number of carbonyl (C=O) groups is 2. The molecule has 6 heteroatoms. The summed E-state index contributed by atoms with van der Waals surface area (Å²) in [7, 11) is 1.53. The van der Waals surface area contributed by atoms with Crippen molar-refractivity contribution >= 4 is 17.4 Å². The summed E-state index contributed by atoms with van der Waals surface area (Å²) in [6.07, 6.45) is 0.687. The van der Waals surface area contributed by atoms with Crippen LogP contribution in [0.3, 0.4) is 0 Å². The van der Waals surface area contributed by atoms with E-state index in [-0.39, 0.29) is 17.4 Å². The number of likely N-dealkylation sites (tertiary alicyclic amines) is 1. The van der Waals surface area contributed by atoms with Crippen LogP contribution in [0.1, 0.15) is 37.4 Å². The molecule has 6 nitrogen and oxygen atoms in total. The number of aliphatic hydroxyl groups is 1. The van der Waals surface area contributed by atoms with Crippen LogP contribution in [0.15, 0.2) is 60.2 Å². The minimum atomic E-state index is -0.686. The van der Waals surface area contributed by atoms with Gasteiger partial charge in [0.1, 0.15) is 11.5 Å². The number of benzene rings is 2. The Labute approximate surface area is 176 Å². The van der Waals surface area contributed by atoms with Gasteiger partial charge >= 0.3 is 0 Å².